The van der Waals surface area contributed by atoms with Crippen LogP contribution >= 0.6 is 0 Å². The van der Waals surface area contributed by atoms with Crippen LogP contribution in [0.15, 0.2) is 104 Å². The van der Waals surface area contributed by atoms with Gasteiger partial charge >= 0.3 is 0 Å². The highest BCUT2D eigenvalue weighted by Gasteiger charge is 2.36. The van der Waals surface area contributed by atoms with Gasteiger partial charge in [-0.3, -0.25) is 4.79 Å². The zero-order valence-corrected chi connectivity index (χ0v) is 25.1. The molecule has 0 aromatic heterocycles. The van der Waals surface area contributed by atoms with E-state index in [4.69, 9.17) is 0 Å². The minimum absolute atomic E-state index is 0.0546. The number of sulfone groups is 2. The van der Waals surface area contributed by atoms with E-state index in [2.05, 4.69) is 20.8 Å². The van der Waals surface area contributed by atoms with E-state index in [1.54, 1.807) is 48.6 Å². The number of rotatable bonds is 4. The second-order valence-electron chi connectivity index (χ2n) is 12.3. The van der Waals surface area contributed by atoms with Crippen molar-refractivity contribution in [2.45, 2.75) is 67.1 Å². The smallest absolute Gasteiger partial charge is 0.210 e. The average molecular weight is 573 g/mol. The summed E-state index contributed by atoms with van der Waals surface area (Å²) in [4.78, 5) is 13.5. The van der Waals surface area contributed by atoms with E-state index < -0.39 is 25.5 Å². The predicted molar refractivity (Wildman–Crippen MR) is 158 cm³/mol. The standard InChI is InChI=1S/C33H32O5S2/c1-32(2,3)22-7-11-24(12-8-22)39(35,36)26-15-16-27-21(19-26)20-29-28(27)17-18-30(31(29)34)40(37,38)25-13-9-23(10-14-25)33(4,5)6/h7-20H,1-6H3. The van der Waals surface area contributed by atoms with Crippen LogP contribution < -0.4 is 0 Å². The maximum Gasteiger partial charge on any atom is 0.210 e. The zero-order valence-electron chi connectivity index (χ0n) is 23.4. The summed E-state index contributed by atoms with van der Waals surface area (Å²) in [5.41, 5.74) is 3.85. The van der Waals surface area contributed by atoms with Gasteiger partial charge in [0, 0.05) is 5.57 Å². The van der Waals surface area contributed by atoms with E-state index in [1.165, 1.54) is 24.3 Å². The van der Waals surface area contributed by atoms with Gasteiger partial charge in [0.15, 0.2) is 0 Å². The summed E-state index contributed by atoms with van der Waals surface area (Å²) >= 11 is 0. The molecule has 0 unspecified atom stereocenters. The molecule has 3 aromatic rings. The van der Waals surface area contributed by atoms with Gasteiger partial charge in [-0.15, -0.1) is 0 Å². The SMILES string of the molecule is CC(C)(C)c1ccc(S(=O)(=O)C2=CC=C3C(=Cc4cc(S(=O)(=O)c5ccc(C(C)(C)C)cc5)ccc43)C2=O)cc1. The van der Waals surface area contributed by atoms with E-state index in [9.17, 15) is 21.6 Å². The number of hydrogen-bond acceptors (Lipinski definition) is 5. The highest BCUT2D eigenvalue weighted by atomic mass is 32.2. The molecule has 0 amide bonds. The zero-order chi connectivity index (χ0) is 29.3. The molecule has 0 saturated heterocycles. The molecule has 40 heavy (non-hydrogen) atoms. The Bertz CT molecular complexity index is 1860. The van der Waals surface area contributed by atoms with Crippen LogP contribution in [0.1, 0.15) is 63.8 Å². The summed E-state index contributed by atoms with van der Waals surface area (Å²) in [6.07, 6.45) is 4.55. The van der Waals surface area contributed by atoms with Crippen molar-refractivity contribution in [2.75, 3.05) is 0 Å². The summed E-state index contributed by atoms with van der Waals surface area (Å²) in [6.45, 7) is 12.3. The van der Waals surface area contributed by atoms with Crippen LogP contribution in [-0.2, 0) is 35.3 Å². The molecular formula is C33H32O5S2. The minimum atomic E-state index is -4.05. The van der Waals surface area contributed by atoms with Crippen molar-refractivity contribution in [1.82, 2.24) is 0 Å². The summed E-state index contributed by atoms with van der Waals surface area (Å²) in [5.74, 6) is -0.601. The molecule has 0 saturated carbocycles. The first-order valence-corrected chi connectivity index (χ1v) is 16.0. The van der Waals surface area contributed by atoms with Gasteiger partial charge in [0.05, 0.1) is 14.7 Å². The Labute approximate surface area is 236 Å². The summed E-state index contributed by atoms with van der Waals surface area (Å²) < 4.78 is 53.7. The van der Waals surface area contributed by atoms with Gasteiger partial charge < -0.3 is 0 Å². The van der Waals surface area contributed by atoms with Crippen molar-refractivity contribution in [3.05, 3.63) is 112 Å². The van der Waals surface area contributed by atoms with E-state index in [-0.39, 0.29) is 36.0 Å². The van der Waals surface area contributed by atoms with Crippen molar-refractivity contribution in [3.63, 3.8) is 0 Å². The highest BCUT2D eigenvalue weighted by molar-refractivity contribution is 7.96. The lowest BCUT2D eigenvalue weighted by Crippen LogP contribution is -2.18. The van der Waals surface area contributed by atoms with Crippen molar-refractivity contribution in [3.8, 4) is 0 Å². The molecule has 0 aliphatic heterocycles. The Morgan fingerprint density at radius 2 is 1.02 bits per heavy atom. The van der Waals surface area contributed by atoms with Crippen LogP contribution in [0.25, 0.3) is 11.6 Å². The maximum atomic E-state index is 13.5. The number of carbonyl (C=O) groups excluding carboxylic acids is 1. The minimum Gasteiger partial charge on any atom is -0.288 e. The van der Waals surface area contributed by atoms with Crippen molar-refractivity contribution in [1.29, 1.82) is 0 Å². The fourth-order valence-electron chi connectivity index (χ4n) is 4.93. The second kappa shape index (κ2) is 9.25. The largest absolute Gasteiger partial charge is 0.288 e. The van der Waals surface area contributed by atoms with E-state index in [1.807, 2.05) is 32.9 Å². The molecule has 0 atom stereocenters. The number of carbonyl (C=O) groups is 1. The molecule has 7 heteroatoms. The van der Waals surface area contributed by atoms with Gasteiger partial charge in [-0.25, -0.2) is 16.8 Å². The Hall–Kier alpha value is -3.55. The van der Waals surface area contributed by atoms with Crippen molar-refractivity contribution < 1.29 is 21.6 Å². The lowest BCUT2D eigenvalue weighted by Gasteiger charge is -2.19. The van der Waals surface area contributed by atoms with Gasteiger partial charge in [0.25, 0.3) is 0 Å². The van der Waals surface area contributed by atoms with Gasteiger partial charge in [0.2, 0.25) is 25.5 Å². The van der Waals surface area contributed by atoms with Crippen molar-refractivity contribution in [2.24, 2.45) is 0 Å². The fourth-order valence-corrected chi connectivity index (χ4v) is 7.57. The molecule has 0 bridgehead atoms. The molecule has 0 fully saturated rings. The maximum absolute atomic E-state index is 13.5. The van der Waals surface area contributed by atoms with Gasteiger partial charge in [0.1, 0.15) is 4.91 Å². The van der Waals surface area contributed by atoms with E-state index in [0.717, 1.165) is 11.1 Å². The lowest BCUT2D eigenvalue weighted by atomic mass is 9.87. The van der Waals surface area contributed by atoms with Gasteiger partial charge in [-0.1, -0.05) is 78.0 Å². The topological polar surface area (TPSA) is 85.3 Å². The number of hydrogen-bond donors (Lipinski definition) is 0. The van der Waals surface area contributed by atoms with E-state index >= 15 is 0 Å². The molecule has 0 N–H and O–H groups in total. The molecule has 2 aliphatic carbocycles. The Balaban J connectivity index is 1.47. The summed E-state index contributed by atoms with van der Waals surface area (Å²) in [6, 6.07) is 18.2. The normalized spacial score (nSPS) is 15.7. The third kappa shape index (κ3) is 4.71. The van der Waals surface area contributed by atoms with Crippen LogP contribution in [0.4, 0.5) is 0 Å². The quantitative estimate of drug-likeness (QED) is 0.342. The Kier molecular flexibility index (Phi) is 6.47. The number of allylic oxidation sites excluding steroid dienone is 5. The first kappa shape index (κ1) is 28.0. The average Bonchev–Trinajstić information content (AvgIpc) is 3.27. The number of benzene rings is 3. The first-order valence-electron chi connectivity index (χ1n) is 13.1. The Morgan fingerprint density at radius 1 is 0.550 bits per heavy atom. The molecule has 0 radical (unpaired) electrons. The monoisotopic (exact) mass is 572 g/mol. The predicted octanol–water partition coefficient (Wildman–Crippen LogP) is 6.84. The lowest BCUT2D eigenvalue weighted by molar-refractivity contribution is -0.111. The van der Waals surface area contributed by atoms with Crippen LogP contribution in [0.2, 0.25) is 0 Å². The third-order valence-electron chi connectivity index (χ3n) is 7.43. The molecule has 0 spiro atoms. The van der Waals surface area contributed by atoms with E-state index in [0.29, 0.717) is 16.7 Å². The molecule has 206 valence electrons. The van der Waals surface area contributed by atoms with Crippen molar-refractivity contribution >= 4 is 37.1 Å². The first-order chi connectivity index (χ1) is 18.5. The number of fused-ring (bicyclic) bond motifs is 3. The van der Waals surface area contributed by atoms with Crippen LogP contribution in [-0.4, -0.2) is 22.6 Å². The fraction of sp³-hybridized carbons (Fsp3) is 0.242. The second-order valence-corrected chi connectivity index (χ2v) is 16.2. The molecule has 3 aromatic carbocycles. The van der Waals surface area contributed by atoms with Crippen LogP contribution in [0, 0.1) is 0 Å². The number of Topliss-reactive ketones (excluding diaryl/α,β-unsaturated/α-hetero) is 1. The van der Waals surface area contributed by atoms with Crippen LogP contribution in [0.3, 0.4) is 0 Å². The van der Waals surface area contributed by atoms with Gasteiger partial charge in [-0.05, 0) is 87.2 Å². The van der Waals surface area contributed by atoms with Crippen LogP contribution in [0.5, 0.6) is 0 Å². The molecule has 5 nitrogen and oxygen atoms in total. The summed E-state index contributed by atoms with van der Waals surface area (Å²) in [5, 5.41) is 0. The third-order valence-corrected chi connectivity index (χ3v) is 11.0. The van der Waals surface area contributed by atoms with Gasteiger partial charge in [-0.2, -0.15) is 0 Å². The summed E-state index contributed by atoms with van der Waals surface area (Å²) in [7, 11) is -7.85. The molecule has 2 aliphatic rings. The molecular weight excluding hydrogens is 540 g/mol. The molecule has 5 rings (SSSR count). The Morgan fingerprint density at radius 3 is 1.52 bits per heavy atom. The number of ketones is 1. The highest BCUT2D eigenvalue weighted by Crippen LogP contribution is 2.42. The molecule has 0 heterocycles.